The van der Waals surface area contributed by atoms with E-state index in [1.54, 1.807) is 0 Å². The Kier molecular flexibility index (Phi) is 7.30. The van der Waals surface area contributed by atoms with Crippen molar-refractivity contribution >= 4 is 6.16 Å². The van der Waals surface area contributed by atoms with E-state index in [2.05, 4.69) is 50.3 Å². The molecule has 0 N–H and O–H groups in total. The first-order chi connectivity index (χ1) is 18.7. The summed E-state index contributed by atoms with van der Waals surface area (Å²) in [4.78, 5) is 12.6. The van der Waals surface area contributed by atoms with E-state index in [0.717, 1.165) is 44.3 Å². The molecule has 2 unspecified atom stereocenters. The molecular formula is C33H44O6. The van der Waals surface area contributed by atoms with Crippen LogP contribution in [0.25, 0.3) is 0 Å². The summed E-state index contributed by atoms with van der Waals surface area (Å²) < 4.78 is 28.9. The van der Waals surface area contributed by atoms with Gasteiger partial charge in [0.15, 0.2) is 5.79 Å². The highest BCUT2D eigenvalue weighted by molar-refractivity contribution is 5.60. The van der Waals surface area contributed by atoms with E-state index in [1.807, 2.05) is 13.8 Å². The molecule has 3 fully saturated rings. The van der Waals surface area contributed by atoms with Crippen LogP contribution in [0.2, 0.25) is 0 Å². The van der Waals surface area contributed by atoms with Crippen molar-refractivity contribution in [2.75, 3.05) is 19.8 Å². The second-order valence-electron chi connectivity index (χ2n) is 13.2. The van der Waals surface area contributed by atoms with Crippen LogP contribution in [0, 0.1) is 23.2 Å². The molecule has 6 nitrogen and oxygen atoms in total. The van der Waals surface area contributed by atoms with Gasteiger partial charge in [0.1, 0.15) is 31.2 Å². The second kappa shape index (κ2) is 10.6. The van der Waals surface area contributed by atoms with Crippen LogP contribution in [0.15, 0.2) is 42.0 Å². The number of aryl methyl sites for hydroxylation is 1. The first-order valence-electron chi connectivity index (χ1n) is 15.0. The number of allylic oxidation sites excluding steroid dienone is 2. The Morgan fingerprint density at radius 2 is 2.00 bits per heavy atom. The third kappa shape index (κ3) is 5.52. The van der Waals surface area contributed by atoms with Crippen LogP contribution in [0.4, 0.5) is 4.79 Å². The lowest BCUT2D eigenvalue weighted by Crippen LogP contribution is -2.45. The highest BCUT2D eigenvalue weighted by atomic mass is 16.8. The largest absolute Gasteiger partial charge is 0.508 e. The van der Waals surface area contributed by atoms with Crippen LogP contribution in [-0.4, -0.2) is 44.0 Å². The van der Waals surface area contributed by atoms with Gasteiger partial charge in [0.05, 0.1) is 6.61 Å². The number of benzene rings is 1. The van der Waals surface area contributed by atoms with E-state index in [-0.39, 0.29) is 24.2 Å². The molecule has 1 aromatic rings. The van der Waals surface area contributed by atoms with Gasteiger partial charge in [-0.25, -0.2) is 4.79 Å². The number of carbonyl (C=O) groups is 1. The number of ether oxygens (including phenoxy) is 5. The zero-order valence-electron chi connectivity index (χ0n) is 23.9. The van der Waals surface area contributed by atoms with Crippen LogP contribution in [0.1, 0.15) is 83.3 Å². The van der Waals surface area contributed by atoms with Gasteiger partial charge in [-0.2, -0.15) is 0 Å². The number of hydrogen-bond acceptors (Lipinski definition) is 6. The van der Waals surface area contributed by atoms with Gasteiger partial charge >= 0.3 is 6.16 Å². The van der Waals surface area contributed by atoms with E-state index < -0.39 is 11.9 Å². The fourth-order valence-corrected chi connectivity index (χ4v) is 8.14. The first kappa shape index (κ1) is 26.9. The van der Waals surface area contributed by atoms with Crippen LogP contribution in [0.5, 0.6) is 5.75 Å². The predicted octanol–water partition coefficient (Wildman–Crippen LogP) is 7.12. The SMILES string of the molecule is CC1C=C(COc2ccc3c(c2)CC[C@@H]2[C@@H]3CC[C@]3(C)[C@H](OC(=O)OCC4COC(C)(C)O4)CC[C@@H]23)C=CC1. The van der Waals surface area contributed by atoms with Crippen LogP contribution in [0.3, 0.4) is 0 Å². The Morgan fingerprint density at radius 3 is 2.79 bits per heavy atom. The predicted molar refractivity (Wildman–Crippen MR) is 149 cm³/mol. The minimum atomic E-state index is -0.626. The summed E-state index contributed by atoms with van der Waals surface area (Å²) in [5.74, 6) is 2.73. The van der Waals surface area contributed by atoms with Crippen molar-refractivity contribution in [2.45, 2.75) is 96.6 Å². The van der Waals surface area contributed by atoms with Crippen molar-refractivity contribution in [1.29, 1.82) is 0 Å². The molecule has 5 aliphatic rings. The van der Waals surface area contributed by atoms with Crippen molar-refractivity contribution in [1.82, 2.24) is 0 Å². The summed E-state index contributed by atoms with van der Waals surface area (Å²) in [6.45, 7) is 9.55. The fraction of sp³-hybridized carbons (Fsp3) is 0.667. The summed E-state index contributed by atoms with van der Waals surface area (Å²) in [6, 6.07) is 6.78. The fourth-order valence-electron chi connectivity index (χ4n) is 8.14. The van der Waals surface area contributed by atoms with E-state index >= 15 is 0 Å². The minimum Gasteiger partial charge on any atom is -0.489 e. The Hall–Kier alpha value is -2.31. The summed E-state index contributed by atoms with van der Waals surface area (Å²) >= 11 is 0. The van der Waals surface area contributed by atoms with Crippen LogP contribution < -0.4 is 4.74 Å². The summed E-state index contributed by atoms with van der Waals surface area (Å²) in [5, 5.41) is 0. The van der Waals surface area contributed by atoms with Crippen molar-refractivity contribution in [3.05, 3.63) is 53.1 Å². The minimum absolute atomic E-state index is 0.00801. The molecule has 1 aromatic carbocycles. The Labute approximate surface area is 233 Å². The molecule has 6 rings (SSSR count). The third-order valence-corrected chi connectivity index (χ3v) is 10.0. The topological polar surface area (TPSA) is 63.2 Å². The second-order valence-corrected chi connectivity index (χ2v) is 13.2. The van der Waals surface area contributed by atoms with Gasteiger partial charge < -0.3 is 23.7 Å². The maximum atomic E-state index is 12.6. The van der Waals surface area contributed by atoms with E-state index in [4.69, 9.17) is 23.7 Å². The maximum Gasteiger partial charge on any atom is 0.508 e. The normalized spacial score (nSPS) is 36.4. The zero-order valence-corrected chi connectivity index (χ0v) is 23.9. The van der Waals surface area contributed by atoms with E-state index in [9.17, 15) is 4.79 Å². The molecule has 39 heavy (non-hydrogen) atoms. The van der Waals surface area contributed by atoms with Gasteiger partial charge in [-0.15, -0.1) is 0 Å². The van der Waals surface area contributed by atoms with Gasteiger partial charge in [-0.3, -0.25) is 0 Å². The molecule has 0 aromatic heterocycles. The van der Waals surface area contributed by atoms with Gasteiger partial charge in [-0.05, 0) is 111 Å². The molecule has 212 valence electrons. The Balaban J connectivity index is 1.06. The number of fused-ring (bicyclic) bond motifs is 5. The molecule has 1 aliphatic heterocycles. The summed E-state index contributed by atoms with van der Waals surface area (Å²) in [5.41, 5.74) is 4.24. The first-order valence-corrected chi connectivity index (χ1v) is 15.0. The highest BCUT2D eigenvalue weighted by Gasteiger charge is 2.56. The van der Waals surface area contributed by atoms with Gasteiger partial charge in [0.2, 0.25) is 0 Å². The van der Waals surface area contributed by atoms with E-state index in [0.29, 0.717) is 36.9 Å². The van der Waals surface area contributed by atoms with Crippen LogP contribution in [-0.2, 0) is 25.4 Å². The quantitative estimate of drug-likeness (QED) is 0.361. The molecule has 7 atom stereocenters. The monoisotopic (exact) mass is 536 g/mol. The lowest BCUT2D eigenvalue weighted by Gasteiger charge is -2.50. The van der Waals surface area contributed by atoms with E-state index in [1.165, 1.54) is 23.1 Å². The lowest BCUT2D eigenvalue weighted by atomic mass is 9.55. The van der Waals surface area contributed by atoms with Crippen LogP contribution >= 0.6 is 0 Å². The van der Waals surface area contributed by atoms with Gasteiger partial charge in [-0.1, -0.05) is 38.1 Å². The molecule has 0 radical (unpaired) electrons. The maximum absolute atomic E-state index is 12.6. The molecular weight excluding hydrogens is 492 g/mol. The third-order valence-electron chi connectivity index (χ3n) is 10.0. The standard InChI is InChI=1S/C33H44O6/c1-21-6-5-7-22(16-21)18-35-24-9-11-26-23(17-24)8-10-28-27(26)14-15-33(4)29(28)12-13-30(33)38-31(34)36-19-25-20-37-32(2,3)39-25/h5,7,9,11,16-17,21,25,27-30H,6,8,10,12-15,18-20H2,1-4H3/t21?,25?,27-,28-,29+,30-,33+/m1/s1. The number of hydrogen-bond donors (Lipinski definition) is 0. The van der Waals surface area contributed by atoms with Crippen molar-refractivity contribution in [3.8, 4) is 5.75 Å². The van der Waals surface area contributed by atoms with Crippen molar-refractivity contribution < 1.29 is 28.5 Å². The summed E-state index contributed by atoms with van der Waals surface area (Å²) in [6.07, 6.45) is 13.5. The Morgan fingerprint density at radius 1 is 1.13 bits per heavy atom. The lowest BCUT2D eigenvalue weighted by molar-refractivity contribution is -0.144. The zero-order chi connectivity index (χ0) is 27.2. The van der Waals surface area contributed by atoms with Gasteiger partial charge in [0.25, 0.3) is 0 Å². The van der Waals surface area contributed by atoms with Gasteiger partial charge in [0, 0.05) is 5.41 Å². The molecule has 0 spiro atoms. The number of rotatable bonds is 6. The highest BCUT2D eigenvalue weighted by Crippen LogP contribution is 2.61. The number of carbonyl (C=O) groups excluding carboxylic acids is 1. The van der Waals surface area contributed by atoms with Crippen molar-refractivity contribution in [3.63, 3.8) is 0 Å². The molecule has 6 heteroatoms. The summed E-state index contributed by atoms with van der Waals surface area (Å²) in [7, 11) is 0. The Bertz CT molecular complexity index is 1140. The molecule has 0 amide bonds. The average molecular weight is 537 g/mol. The average Bonchev–Trinajstić information content (AvgIpc) is 3.44. The molecule has 1 saturated heterocycles. The molecule has 1 heterocycles. The molecule has 4 aliphatic carbocycles. The smallest absolute Gasteiger partial charge is 0.489 e. The molecule has 2 saturated carbocycles. The molecule has 0 bridgehead atoms. The van der Waals surface area contributed by atoms with Crippen molar-refractivity contribution in [2.24, 2.45) is 23.2 Å².